The number of fused-ring (bicyclic) bond motifs is 1. The lowest BCUT2D eigenvalue weighted by Crippen LogP contribution is -2.02. The molecule has 98 valence electrons. The Morgan fingerprint density at radius 2 is 2.16 bits per heavy atom. The van der Waals surface area contributed by atoms with Gasteiger partial charge in [0.05, 0.1) is 5.69 Å². The Balaban J connectivity index is 1.65. The zero-order valence-electron chi connectivity index (χ0n) is 10.4. The van der Waals surface area contributed by atoms with Gasteiger partial charge in [-0.2, -0.15) is 5.10 Å². The molecule has 0 aromatic carbocycles. The van der Waals surface area contributed by atoms with Gasteiger partial charge in [-0.3, -0.25) is 5.10 Å². The number of nitrogens with zero attached hydrogens (tertiary/aromatic N) is 3. The second-order valence-corrected chi connectivity index (χ2v) is 5.57. The van der Waals surface area contributed by atoms with Crippen molar-refractivity contribution in [2.75, 3.05) is 5.32 Å². The van der Waals surface area contributed by atoms with E-state index in [4.69, 9.17) is 11.6 Å². The van der Waals surface area contributed by atoms with Crippen LogP contribution in [0.3, 0.4) is 0 Å². The molecule has 2 aliphatic rings. The Morgan fingerprint density at radius 1 is 1.26 bits per heavy atom. The topological polar surface area (TPSA) is 66.5 Å². The lowest BCUT2D eigenvalue weighted by Gasteiger charge is -2.07. The monoisotopic (exact) mass is 275 g/mol. The minimum atomic E-state index is 0.307. The highest BCUT2D eigenvalue weighted by Gasteiger charge is 2.26. The number of aryl methyl sites for hydroxylation is 1. The fraction of sp³-hybridized carbons (Fsp3) is 0.462. The van der Waals surface area contributed by atoms with Crippen molar-refractivity contribution in [1.29, 1.82) is 0 Å². The summed E-state index contributed by atoms with van der Waals surface area (Å²) < 4.78 is 0. The quantitative estimate of drug-likeness (QED) is 0.845. The van der Waals surface area contributed by atoms with Crippen molar-refractivity contribution >= 4 is 23.2 Å². The Hall–Kier alpha value is -1.62. The van der Waals surface area contributed by atoms with Crippen LogP contribution < -0.4 is 5.32 Å². The number of H-pyrrole nitrogens is 1. The normalized spacial score (nSPS) is 17.5. The van der Waals surface area contributed by atoms with Gasteiger partial charge in [-0.1, -0.05) is 0 Å². The summed E-state index contributed by atoms with van der Waals surface area (Å²) in [6.45, 7) is 0. The molecule has 1 fully saturated rings. The fourth-order valence-electron chi connectivity index (χ4n) is 2.63. The number of hydrogen-bond donors (Lipinski definition) is 2. The zero-order valence-corrected chi connectivity index (χ0v) is 11.2. The molecule has 0 aliphatic heterocycles. The first-order valence-corrected chi connectivity index (χ1v) is 7.05. The van der Waals surface area contributed by atoms with Gasteiger partial charge >= 0.3 is 0 Å². The number of hydrogen-bond acceptors (Lipinski definition) is 4. The van der Waals surface area contributed by atoms with E-state index in [1.807, 2.05) is 0 Å². The van der Waals surface area contributed by atoms with Crippen LogP contribution in [0.2, 0.25) is 5.28 Å². The van der Waals surface area contributed by atoms with E-state index in [0.29, 0.717) is 11.2 Å². The highest BCUT2D eigenvalue weighted by molar-refractivity contribution is 6.28. The molecular weight excluding hydrogens is 262 g/mol. The molecule has 6 heteroatoms. The van der Waals surface area contributed by atoms with E-state index in [-0.39, 0.29) is 0 Å². The molecule has 0 spiro atoms. The number of rotatable bonds is 3. The summed E-state index contributed by atoms with van der Waals surface area (Å²) in [6.07, 6.45) is 5.63. The van der Waals surface area contributed by atoms with Crippen molar-refractivity contribution in [3.8, 4) is 0 Å². The minimum absolute atomic E-state index is 0.307. The largest absolute Gasteiger partial charge is 0.323 e. The third-order valence-electron chi connectivity index (χ3n) is 3.77. The van der Waals surface area contributed by atoms with Crippen LogP contribution in [0.15, 0.2) is 6.07 Å². The molecule has 2 N–H and O–H groups in total. The molecule has 2 aromatic rings. The summed E-state index contributed by atoms with van der Waals surface area (Å²) in [5.41, 5.74) is 3.46. The van der Waals surface area contributed by atoms with Crippen LogP contribution in [0.1, 0.15) is 42.1 Å². The summed E-state index contributed by atoms with van der Waals surface area (Å²) in [7, 11) is 0. The number of aromatic nitrogens is 4. The molecule has 0 radical (unpaired) electrons. The highest BCUT2D eigenvalue weighted by atomic mass is 35.5. The molecule has 4 rings (SSSR count). The molecule has 0 bridgehead atoms. The van der Waals surface area contributed by atoms with Crippen LogP contribution in [0.5, 0.6) is 0 Å². The Labute approximate surface area is 115 Å². The smallest absolute Gasteiger partial charge is 0.224 e. The second kappa shape index (κ2) is 4.20. The molecule has 19 heavy (non-hydrogen) atoms. The summed E-state index contributed by atoms with van der Waals surface area (Å²) in [5.74, 6) is 2.29. The molecule has 1 saturated carbocycles. The first-order chi connectivity index (χ1) is 9.29. The first-order valence-electron chi connectivity index (χ1n) is 6.67. The van der Waals surface area contributed by atoms with E-state index in [1.54, 1.807) is 0 Å². The summed E-state index contributed by atoms with van der Waals surface area (Å²) in [5, 5.41) is 10.9. The molecule has 0 amide bonds. The van der Waals surface area contributed by atoms with Gasteiger partial charge < -0.3 is 5.32 Å². The van der Waals surface area contributed by atoms with Gasteiger partial charge in [-0.15, -0.1) is 0 Å². The van der Waals surface area contributed by atoms with Gasteiger partial charge in [0, 0.05) is 23.2 Å². The molecule has 2 aliphatic carbocycles. The zero-order chi connectivity index (χ0) is 12.8. The summed E-state index contributed by atoms with van der Waals surface area (Å²) in [6, 6.07) is 2.06. The van der Waals surface area contributed by atoms with Gasteiger partial charge in [0.15, 0.2) is 5.82 Å². The molecule has 5 nitrogen and oxygen atoms in total. The summed E-state index contributed by atoms with van der Waals surface area (Å²) in [4.78, 5) is 8.58. The molecular formula is C13H14ClN5. The molecule has 0 unspecified atom stereocenters. The molecule has 2 aromatic heterocycles. The van der Waals surface area contributed by atoms with Gasteiger partial charge in [0.25, 0.3) is 0 Å². The van der Waals surface area contributed by atoms with Crippen molar-refractivity contribution in [3.05, 3.63) is 28.3 Å². The average Bonchev–Trinajstić information content (AvgIpc) is 2.95. The molecule has 0 atom stereocenters. The predicted molar refractivity (Wildman–Crippen MR) is 72.9 cm³/mol. The van der Waals surface area contributed by atoms with Crippen LogP contribution in [0.25, 0.3) is 0 Å². The van der Waals surface area contributed by atoms with Crippen LogP contribution in [-0.2, 0) is 12.8 Å². The standard InChI is InChI=1S/C13H14ClN5/c14-13-15-9-3-1-2-8(9)12(17-13)16-11-6-10(18-19-11)7-4-5-7/h6-7H,1-5H2,(H2,15,16,17,18,19). The lowest BCUT2D eigenvalue weighted by atomic mass is 10.2. The maximum atomic E-state index is 5.97. The molecule has 2 heterocycles. The van der Waals surface area contributed by atoms with Gasteiger partial charge in [0.1, 0.15) is 5.82 Å². The maximum Gasteiger partial charge on any atom is 0.224 e. The van der Waals surface area contributed by atoms with E-state index in [1.165, 1.54) is 24.1 Å². The Kier molecular flexibility index (Phi) is 2.48. The number of anilines is 2. The van der Waals surface area contributed by atoms with E-state index in [0.717, 1.165) is 36.6 Å². The fourth-order valence-corrected chi connectivity index (χ4v) is 2.82. The van der Waals surface area contributed by atoms with Gasteiger partial charge in [-0.25, -0.2) is 9.97 Å². The van der Waals surface area contributed by atoms with E-state index < -0.39 is 0 Å². The average molecular weight is 276 g/mol. The van der Waals surface area contributed by atoms with Crippen LogP contribution in [0, 0.1) is 0 Å². The van der Waals surface area contributed by atoms with Crippen molar-refractivity contribution in [1.82, 2.24) is 20.2 Å². The predicted octanol–water partition coefficient (Wildman–Crippen LogP) is 2.96. The van der Waals surface area contributed by atoms with Crippen molar-refractivity contribution < 1.29 is 0 Å². The van der Waals surface area contributed by atoms with Crippen LogP contribution >= 0.6 is 11.6 Å². The Bertz CT molecular complexity index is 632. The maximum absolute atomic E-state index is 5.97. The SMILES string of the molecule is Clc1nc2c(c(Nc3cc(C4CC4)[nH]n3)n1)CCC2. The van der Waals surface area contributed by atoms with Crippen molar-refractivity contribution in [2.45, 2.75) is 38.0 Å². The third kappa shape index (κ3) is 2.08. The van der Waals surface area contributed by atoms with Crippen LogP contribution in [-0.4, -0.2) is 20.2 Å². The van der Waals surface area contributed by atoms with Crippen molar-refractivity contribution in [3.63, 3.8) is 0 Å². The number of nitrogens with one attached hydrogen (secondary N) is 2. The van der Waals surface area contributed by atoms with E-state index >= 15 is 0 Å². The minimum Gasteiger partial charge on any atom is -0.323 e. The number of halogens is 1. The van der Waals surface area contributed by atoms with Crippen LogP contribution in [0.4, 0.5) is 11.6 Å². The first kappa shape index (κ1) is 11.2. The molecule has 0 saturated heterocycles. The van der Waals surface area contributed by atoms with Crippen molar-refractivity contribution in [2.24, 2.45) is 0 Å². The Morgan fingerprint density at radius 3 is 3.00 bits per heavy atom. The van der Waals surface area contributed by atoms with E-state index in [2.05, 4.69) is 31.5 Å². The van der Waals surface area contributed by atoms with Gasteiger partial charge in [-0.05, 0) is 43.7 Å². The number of aromatic amines is 1. The lowest BCUT2D eigenvalue weighted by molar-refractivity contribution is 0.899. The summed E-state index contributed by atoms with van der Waals surface area (Å²) >= 11 is 5.97. The highest BCUT2D eigenvalue weighted by Crippen LogP contribution is 2.40. The van der Waals surface area contributed by atoms with Gasteiger partial charge in [0.2, 0.25) is 5.28 Å². The van der Waals surface area contributed by atoms with E-state index in [9.17, 15) is 0 Å². The second-order valence-electron chi connectivity index (χ2n) is 5.23. The third-order valence-corrected chi connectivity index (χ3v) is 3.94.